The molecule has 3 aromatic carbocycles. The number of amides is 1. The molecule has 1 heterocycles. The summed E-state index contributed by atoms with van der Waals surface area (Å²) in [4.78, 5) is 22.5. The van der Waals surface area contributed by atoms with Gasteiger partial charge in [-0.2, -0.15) is 4.31 Å². The predicted octanol–water partition coefficient (Wildman–Crippen LogP) is 5.87. The van der Waals surface area contributed by atoms with Crippen LogP contribution in [0.5, 0.6) is 0 Å². The fourth-order valence-electron chi connectivity index (χ4n) is 4.10. The van der Waals surface area contributed by atoms with E-state index in [0.717, 1.165) is 33.3 Å². The van der Waals surface area contributed by atoms with Crippen molar-refractivity contribution >= 4 is 58.5 Å². The molecule has 0 fully saturated rings. The van der Waals surface area contributed by atoms with Crippen molar-refractivity contribution in [2.24, 2.45) is 0 Å². The topological polar surface area (TPSA) is 73.8 Å². The van der Waals surface area contributed by atoms with Gasteiger partial charge in [0.05, 0.1) is 15.1 Å². The van der Waals surface area contributed by atoms with Crippen molar-refractivity contribution < 1.29 is 13.2 Å². The van der Waals surface area contributed by atoms with Crippen molar-refractivity contribution in [1.82, 2.24) is 14.2 Å². The first-order chi connectivity index (χ1) is 18.2. The smallest absolute Gasteiger partial charge is 0.260 e. The molecule has 0 unspecified atom stereocenters. The Morgan fingerprint density at radius 1 is 0.947 bits per heavy atom. The number of sulfonamides is 1. The van der Waals surface area contributed by atoms with Crippen molar-refractivity contribution in [3.63, 3.8) is 0 Å². The summed E-state index contributed by atoms with van der Waals surface area (Å²) in [6.07, 6.45) is 0. The van der Waals surface area contributed by atoms with E-state index in [9.17, 15) is 13.2 Å². The van der Waals surface area contributed by atoms with Gasteiger partial charge in [0, 0.05) is 36.7 Å². The summed E-state index contributed by atoms with van der Waals surface area (Å²) >= 11 is 4.97. The Hall–Kier alpha value is -2.63. The summed E-state index contributed by atoms with van der Waals surface area (Å²) < 4.78 is 29.6. The first kappa shape index (κ1) is 28.4. The molecule has 0 spiro atoms. The van der Waals surface area contributed by atoms with Crippen LogP contribution in [0.25, 0.3) is 10.2 Å². The second-order valence-electron chi connectivity index (χ2n) is 8.86. The van der Waals surface area contributed by atoms with Crippen LogP contribution in [0.15, 0.2) is 82.2 Å². The van der Waals surface area contributed by atoms with Gasteiger partial charge in [-0.05, 0) is 61.1 Å². The maximum Gasteiger partial charge on any atom is 0.260 e. The van der Waals surface area contributed by atoms with E-state index in [0.29, 0.717) is 23.8 Å². The molecule has 0 N–H and O–H groups in total. The van der Waals surface area contributed by atoms with Crippen LogP contribution in [-0.2, 0) is 16.6 Å². The molecule has 1 aromatic heterocycles. The summed E-state index contributed by atoms with van der Waals surface area (Å²) in [7, 11) is -2.16. The van der Waals surface area contributed by atoms with E-state index in [-0.39, 0.29) is 17.3 Å². The van der Waals surface area contributed by atoms with E-state index in [4.69, 9.17) is 4.98 Å². The van der Waals surface area contributed by atoms with Gasteiger partial charge in [0.15, 0.2) is 5.13 Å². The number of nitrogens with zero attached hydrogens (tertiary/aromatic N) is 4. The lowest BCUT2D eigenvalue weighted by Crippen LogP contribution is -2.38. The molecule has 0 aliphatic carbocycles. The number of hydrogen-bond acceptors (Lipinski definition) is 6. The number of fused-ring (bicyclic) bond motifs is 1. The third kappa shape index (κ3) is 6.50. The average molecular weight is 616 g/mol. The van der Waals surface area contributed by atoms with Crippen molar-refractivity contribution in [3.05, 3.63) is 88.4 Å². The molecule has 0 bridgehead atoms. The fraction of sp³-hybridized carbons (Fsp3) is 0.286. The van der Waals surface area contributed by atoms with Crippen LogP contribution < -0.4 is 4.90 Å². The number of aromatic nitrogens is 1. The molecule has 200 valence electrons. The molecule has 38 heavy (non-hydrogen) atoms. The highest BCUT2D eigenvalue weighted by Crippen LogP contribution is 2.32. The van der Waals surface area contributed by atoms with Gasteiger partial charge in [0.2, 0.25) is 10.0 Å². The van der Waals surface area contributed by atoms with Gasteiger partial charge in [-0.25, -0.2) is 13.4 Å². The minimum atomic E-state index is -3.71. The number of hydrogen-bond donors (Lipinski definition) is 0. The van der Waals surface area contributed by atoms with Crippen LogP contribution in [0.2, 0.25) is 0 Å². The summed E-state index contributed by atoms with van der Waals surface area (Å²) in [5.41, 5.74) is 2.14. The molecule has 0 saturated heterocycles. The minimum absolute atomic E-state index is 0.145. The van der Waals surface area contributed by atoms with E-state index in [1.54, 1.807) is 24.1 Å². The highest BCUT2D eigenvalue weighted by atomic mass is 79.9. The number of halogens is 1. The minimum Gasteiger partial charge on any atom is -0.302 e. The van der Waals surface area contributed by atoms with E-state index in [1.165, 1.54) is 27.8 Å². The van der Waals surface area contributed by atoms with Gasteiger partial charge in [0.1, 0.15) is 0 Å². The maximum absolute atomic E-state index is 13.7. The molecule has 0 saturated carbocycles. The molecule has 4 rings (SSSR count). The quantitative estimate of drug-likeness (QED) is 0.211. The fourth-order valence-corrected chi connectivity index (χ4v) is 6.80. The Morgan fingerprint density at radius 3 is 2.29 bits per heavy atom. The number of anilines is 1. The largest absolute Gasteiger partial charge is 0.302 e. The number of thiazole rings is 1. The molecule has 0 atom stereocenters. The highest BCUT2D eigenvalue weighted by molar-refractivity contribution is 9.10. The lowest BCUT2D eigenvalue weighted by Gasteiger charge is -2.25. The van der Waals surface area contributed by atoms with Gasteiger partial charge >= 0.3 is 0 Å². The number of benzene rings is 3. The van der Waals surface area contributed by atoms with Crippen molar-refractivity contribution in [2.45, 2.75) is 25.3 Å². The molecular formula is C28H31BrN4O3S2. The molecule has 0 aliphatic heterocycles. The van der Waals surface area contributed by atoms with E-state index >= 15 is 0 Å². The Bertz CT molecular complexity index is 1490. The molecule has 0 aliphatic rings. The van der Waals surface area contributed by atoms with E-state index in [2.05, 4.69) is 34.7 Å². The van der Waals surface area contributed by atoms with Crippen molar-refractivity contribution in [3.8, 4) is 0 Å². The molecule has 7 nitrogen and oxygen atoms in total. The third-order valence-corrected chi connectivity index (χ3v) is 9.76. The monoisotopic (exact) mass is 614 g/mol. The molecular weight excluding hydrogens is 584 g/mol. The summed E-state index contributed by atoms with van der Waals surface area (Å²) in [5, 5.41) is 0.620. The normalized spacial score (nSPS) is 11.9. The Morgan fingerprint density at radius 2 is 1.63 bits per heavy atom. The first-order valence-corrected chi connectivity index (χ1v) is 15.5. The van der Waals surface area contributed by atoms with E-state index < -0.39 is 10.0 Å². The predicted molar refractivity (Wildman–Crippen MR) is 158 cm³/mol. The van der Waals surface area contributed by atoms with Gasteiger partial charge < -0.3 is 4.90 Å². The Balaban J connectivity index is 1.59. The van der Waals surface area contributed by atoms with Crippen LogP contribution in [0.1, 0.15) is 29.8 Å². The molecule has 10 heteroatoms. The lowest BCUT2D eigenvalue weighted by molar-refractivity contribution is 0.0983. The van der Waals surface area contributed by atoms with Gasteiger partial charge in [-0.1, -0.05) is 71.4 Å². The summed E-state index contributed by atoms with van der Waals surface area (Å²) in [6, 6.07) is 21.5. The molecule has 4 aromatic rings. The summed E-state index contributed by atoms with van der Waals surface area (Å²) in [5.74, 6) is -0.211. The van der Waals surface area contributed by atoms with Crippen LogP contribution in [-0.4, -0.2) is 61.7 Å². The first-order valence-electron chi connectivity index (χ1n) is 12.4. The van der Waals surface area contributed by atoms with E-state index in [1.807, 2.05) is 48.5 Å². The number of rotatable bonds is 11. The van der Waals surface area contributed by atoms with Crippen LogP contribution in [0, 0.1) is 0 Å². The Kier molecular flexibility index (Phi) is 9.32. The summed E-state index contributed by atoms with van der Waals surface area (Å²) in [6.45, 7) is 7.40. The van der Waals surface area contributed by atoms with Crippen LogP contribution >= 0.6 is 27.3 Å². The van der Waals surface area contributed by atoms with Crippen LogP contribution in [0.3, 0.4) is 0 Å². The van der Waals surface area contributed by atoms with Gasteiger partial charge in [0.25, 0.3) is 5.91 Å². The molecule has 1 amide bonds. The second-order valence-corrected chi connectivity index (χ2v) is 12.8. The average Bonchev–Trinajstić information content (AvgIpc) is 3.34. The van der Waals surface area contributed by atoms with Crippen LogP contribution in [0.4, 0.5) is 5.13 Å². The SMILES string of the molecule is CCN(CC)CCN(C(=O)c1ccc(S(=O)(=O)N(C)Cc2ccccc2)cc1)c1nc2ccc(Br)cc2s1. The number of carbonyl (C=O) groups is 1. The second kappa shape index (κ2) is 12.5. The number of likely N-dealkylation sites (N-methyl/N-ethyl adjacent to an activating group) is 1. The zero-order valence-electron chi connectivity index (χ0n) is 21.7. The van der Waals surface area contributed by atoms with Gasteiger partial charge in [-0.15, -0.1) is 0 Å². The zero-order valence-corrected chi connectivity index (χ0v) is 24.9. The molecule has 0 radical (unpaired) electrons. The maximum atomic E-state index is 13.7. The highest BCUT2D eigenvalue weighted by Gasteiger charge is 2.25. The lowest BCUT2D eigenvalue weighted by atomic mass is 10.2. The van der Waals surface area contributed by atoms with Gasteiger partial charge in [-0.3, -0.25) is 9.69 Å². The Labute approximate surface area is 236 Å². The van der Waals surface area contributed by atoms with Crippen molar-refractivity contribution in [1.29, 1.82) is 0 Å². The van der Waals surface area contributed by atoms with Crippen molar-refractivity contribution in [2.75, 3.05) is 38.1 Å². The zero-order chi connectivity index (χ0) is 27.3. The standard InChI is InChI=1S/C28H31BrN4O3S2/c1-4-32(5-2)17-18-33(28-30-25-16-13-23(29)19-26(25)37-28)27(34)22-11-14-24(15-12-22)38(35,36)31(3)20-21-9-7-6-8-10-21/h6-16,19H,4-5,17-18,20H2,1-3H3. The third-order valence-electron chi connectivity index (χ3n) is 6.41. The number of carbonyl (C=O) groups excluding carboxylic acids is 1.